The number of aliphatic hydroxyl groups excluding tert-OH is 1. The third kappa shape index (κ3) is 10.6. The molecule has 6 heterocycles. The molecule has 0 bridgehead atoms. The molecule has 0 atom stereocenters. The van der Waals surface area contributed by atoms with Gasteiger partial charge < -0.3 is 32.6 Å². The van der Waals surface area contributed by atoms with E-state index in [1.165, 1.54) is 53.1 Å². The number of nitrogens with zero attached hydrogens (tertiary/aromatic N) is 7. The van der Waals surface area contributed by atoms with Crippen molar-refractivity contribution < 1.29 is 63.7 Å². The van der Waals surface area contributed by atoms with Crippen LogP contribution in [0.4, 0.5) is 26.3 Å². The molecule has 1 N–H and O–H groups in total. The van der Waals surface area contributed by atoms with Crippen LogP contribution in [-0.4, -0.2) is 58.7 Å². The van der Waals surface area contributed by atoms with E-state index < -0.39 is 18.5 Å². The van der Waals surface area contributed by atoms with Crippen molar-refractivity contribution in [2.45, 2.75) is 46.1 Å². The Morgan fingerprint density at radius 2 is 1.21 bits per heavy atom. The molecule has 1 aliphatic rings. The number of carbonyl (C=O) groups is 1. The zero-order valence-electron chi connectivity index (χ0n) is 29.2. The lowest BCUT2D eigenvalue weighted by molar-refractivity contribution is -0.275. The van der Waals surface area contributed by atoms with Gasteiger partial charge in [0, 0.05) is 25.0 Å². The van der Waals surface area contributed by atoms with Crippen molar-refractivity contribution in [3.63, 3.8) is 0 Å². The van der Waals surface area contributed by atoms with Crippen molar-refractivity contribution in [2.75, 3.05) is 0 Å². The molecule has 296 valence electrons. The smallest absolute Gasteiger partial charge is 0.424 e. The average molecular weight is 802 g/mol. The summed E-state index contributed by atoms with van der Waals surface area (Å²) in [6, 6.07) is 17.0. The van der Waals surface area contributed by atoms with E-state index in [0.29, 0.717) is 45.7 Å². The highest BCUT2D eigenvalue weighted by Gasteiger charge is 2.32. The van der Waals surface area contributed by atoms with E-state index in [9.17, 15) is 35.9 Å². The molecule has 5 aromatic heterocycles. The van der Waals surface area contributed by atoms with Crippen molar-refractivity contribution in [1.29, 1.82) is 0 Å². The third-order valence-corrected chi connectivity index (χ3v) is 7.31. The Labute approximate surface area is 314 Å². The Morgan fingerprint density at radius 3 is 1.70 bits per heavy atom. The second kappa shape index (κ2) is 16.3. The fraction of sp³-hybridized carbons (Fsp3) is 0.200. The molecule has 16 nitrogen and oxygen atoms in total. The van der Waals surface area contributed by atoms with Crippen molar-refractivity contribution >= 4 is 17.2 Å². The molecule has 1 aliphatic heterocycles. The summed E-state index contributed by atoms with van der Waals surface area (Å²) in [7, 11) is 0. The first kappa shape index (κ1) is 39.6. The number of esters is 1. The normalized spacial score (nSPS) is 12.3. The molecule has 57 heavy (non-hydrogen) atoms. The van der Waals surface area contributed by atoms with Gasteiger partial charge in [-0.25, -0.2) is 19.3 Å². The summed E-state index contributed by atoms with van der Waals surface area (Å²) >= 11 is 0. The Bertz CT molecular complexity index is 2550. The van der Waals surface area contributed by atoms with Crippen LogP contribution < -0.4 is 20.0 Å². The lowest BCUT2D eigenvalue weighted by Gasteiger charge is -2.09. The van der Waals surface area contributed by atoms with Crippen LogP contribution in [0, 0.1) is 13.8 Å². The first-order valence-electron chi connectivity index (χ1n) is 16.1. The molecular formula is C35H25F6N7O9. The fourth-order valence-electron chi connectivity index (χ4n) is 5.00. The maximum Gasteiger partial charge on any atom is 0.573 e. The summed E-state index contributed by atoms with van der Waals surface area (Å²) in [6.07, 6.45) is -9.39. The van der Waals surface area contributed by atoms with E-state index in [0.717, 1.165) is 0 Å². The summed E-state index contributed by atoms with van der Waals surface area (Å²) in [5, 5.41) is 22.9. The van der Waals surface area contributed by atoms with Crippen molar-refractivity contribution in [2.24, 2.45) is 0 Å². The van der Waals surface area contributed by atoms with Gasteiger partial charge in [0.2, 0.25) is 23.6 Å². The number of oxazole rings is 1. The van der Waals surface area contributed by atoms with E-state index in [1.807, 2.05) is 0 Å². The summed E-state index contributed by atoms with van der Waals surface area (Å²) in [4.78, 5) is 31.9. The highest BCUT2D eigenvalue weighted by molar-refractivity contribution is 5.80. The molecule has 0 aliphatic carbocycles. The van der Waals surface area contributed by atoms with Crippen LogP contribution in [0.5, 0.6) is 17.2 Å². The maximum absolute atomic E-state index is 12.3. The number of fused-ring (bicyclic) bond motifs is 2. The monoisotopic (exact) mass is 801 g/mol. The largest absolute Gasteiger partial charge is 0.573 e. The van der Waals surface area contributed by atoms with E-state index in [1.54, 1.807) is 38.1 Å². The summed E-state index contributed by atoms with van der Waals surface area (Å²) < 4.78 is 102. The molecule has 0 unspecified atom stereocenters. The van der Waals surface area contributed by atoms with E-state index in [4.69, 9.17) is 23.1 Å². The van der Waals surface area contributed by atoms with Gasteiger partial charge in [-0.15, -0.1) is 46.7 Å². The van der Waals surface area contributed by atoms with Gasteiger partial charge in [-0.05, 0) is 72.8 Å². The standard InChI is InChI=1S/C17H11F3N4O4.C14H8F3NO3.C4H6N2O2/c1-9-22-23-14(26-9)8-24-15-13(27-16(24)25)7-6-12(21-15)10-2-4-11(5-3-10)28-17(18,19)20;15-14(16,17)21-9-3-1-8(2-4-9)10-5-6-12-11(18-10)7-13(19)20-12;1-3-5-6-4(2-7)8-3/h2-7H,8H2,1H3;1-6H,7H2;7H,2H2,1H3. The number of ether oxygens (including phenoxy) is 3. The molecule has 0 spiro atoms. The van der Waals surface area contributed by atoms with Crippen LogP contribution in [0.1, 0.15) is 29.3 Å². The van der Waals surface area contributed by atoms with Crippen molar-refractivity contribution in [1.82, 2.24) is 34.9 Å². The molecule has 8 rings (SSSR count). The molecule has 0 radical (unpaired) electrons. The van der Waals surface area contributed by atoms with Crippen molar-refractivity contribution in [3.05, 3.63) is 113 Å². The fourth-order valence-corrected chi connectivity index (χ4v) is 5.00. The lowest BCUT2D eigenvalue weighted by atomic mass is 10.1. The summed E-state index contributed by atoms with van der Waals surface area (Å²) in [5.41, 5.74) is 3.15. The Hall–Kier alpha value is -7.10. The van der Waals surface area contributed by atoms with Gasteiger partial charge in [-0.3, -0.25) is 4.79 Å². The van der Waals surface area contributed by atoms with Crippen LogP contribution in [0.2, 0.25) is 0 Å². The highest BCUT2D eigenvalue weighted by atomic mass is 19.4. The topological polar surface area (TPSA) is 204 Å². The molecule has 0 saturated heterocycles. The number of alkyl halides is 6. The Kier molecular flexibility index (Phi) is 11.3. The van der Waals surface area contributed by atoms with Gasteiger partial charge >= 0.3 is 24.5 Å². The number of benzene rings is 2. The number of hydrogen-bond acceptors (Lipinski definition) is 15. The van der Waals surface area contributed by atoms with Crippen molar-refractivity contribution in [3.8, 4) is 39.8 Å². The van der Waals surface area contributed by atoms with Gasteiger partial charge in [0.15, 0.2) is 17.0 Å². The predicted octanol–water partition coefficient (Wildman–Crippen LogP) is 6.27. The minimum atomic E-state index is -4.77. The number of halogens is 6. The first-order chi connectivity index (χ1) is 27.0. The van der Waals surface area contributed by atoms with E-state index in [-0.39, 0.29) is 60.1 Å². The molecule has 22 heteroatoms. The third-order valence-electron chi connectivity index (χ3n) is 7.31. The molecule has 0 fully saturated rings. The van der Waals surface area contributed by atoms with Crippen LogP contribution >= 0.6 is 0 Å². The number of aryl methyl sites for hydroxylation is 2. The summed E-state index contributed by atoms with van der Waals surface area (Å²) in [6.45, 7) is 3.09. The first-order valence-corrected chi connectivity index (χ1v) is 16.1. The number of aliphatic hydroxyl groups is 1. The maximum atomic E-state index is 12.3. The Morgan fingerprint density at radius 1 is 0.684 bits per heavy atom. The second-order valence-electron chi connectivity index (χ2n) is 11.5. The van der Waals surface area contributed by atoms with Crippen LogP contribution in [0.25, 0.3) is 33.7 Å². The van der Waals surface area contributed by atoms with Gasteiger partial charge in [-0.1, -0.05) is 0 Å². The van der Waals surface area contributed by atoms with Gasteiger partial charge in [0.1, 0.15) is 24.7 Å². The minimum absolute atomic E-state index is 0.0263. The number of pyridine rings is 2. The SMILES string of the molecule is Cc1nnc(CO)o1.Cc1nnc(Cn2c(=O)oc3ccc(-c4ccc(OC(F)(F)F)cc4)nc32)o1.O=C1Cc2nc(-c3ccc(OC(F)(F)F)cc3)ccc2O1. The number of carbonyl (C=O) groups excluding carboxylic acids is 1. The Balaban J connectivity index is 0.000000166. The van der Waals surface area contributed by atoms with E-state index in [2.05, 4.69) is 39.8 Å². The van der Waals surface area contributed by atoms with Gasteiger partial charge in [0.05, 0.1) is 23.5 Å². The zero-order valence-corrected chi connectivity index (χ0v) is 29.2. The lowest BCUT2D eigenvalue weighted by Crippen LogP contribution is -2.17. The minimum Gasteiger partial charge on any atom is -0.424 e. The highest BCUT2D eigenvalue weighted by Crippen LogP contribution is 2.30. The predicted molar refractivity (Wildman–Crippen MR) is 179 cm³/mol. The summed E-state index contributed by atoms with van der Waals surface area (Å²) in [5.74, 6) is 0.0642. The molecular weight excluding hydrogens is 776 g/mol. The van der Waals surface area contributed by atoms with Gasteiger partial charge in [-0.2, -0.15) is 0 Å². The van der Waals surface area contributed by atoms with Gasteiger partial charge in [0.25, 0.3) is 0 Å². The molecule has 0 saturated carbocycles. The number of hydrogen-bond donors (Lipinski definition) is 1. The number of aromatic nitrogens is 7. The zero-order chi connectivity index (χ0) is 40.9. The molecule has 0 amide bonds. The number of rotatable bonds is 7. The van der Waals surface area contributed by atoms with E-state index >= 15 is 0 Å². The van der Waals surface area contributed by atoms with Crippen LogP contribution in [-0.2, 0) is 24.4 Å². The molecule has 2 aromatic carbocycles. The van der Waals surface area contributed by atoms with Crippen LogP contribution in [0.3, 0.4) is 0 Å². The van der Waals surface area contributed by atoms with Crippen LogP contribution in [0.15, 0.2) is 90.8 Å². The second-order valence-corrected chi connectivity index (χ2v) is 11.5. The molecule has 7 aromatic rings. The quantitative estimate of drug-likeness (QED) is 0.139. The average Bonchev–Trinajstić information content (AvgIpc) is 3.94.